The van der Waals surface area contributed by atoms with Crippen molar-refractivity contribution in [2.24, 2.45) is 0 Å². The van der Waals surface area contributed by atoms with Crippen LogP contribution in [0.1, 0.15) is 19.4 Å². The first-order chi connectivity index (χ1) is 7.49. The van der Waals surface area contributed by atoms with Crippen molar-refractivity contribution in [2.45, 2.75) is 32.5 Å². The van der Waals surface area contributed by atoms with Crippen LogP contribution in [0.3, 0.4) is 0 Å². The van der Waals surface area contributed by atoms with Crippen LogP contribution >= 0.6 is 11.6 Å². The minimum absolute atomic E-state index is 0.111. The van der Waals surface area contributed by atoms with Crippen molar-refractivity contribution in [3.63, 3.8) is 0 Å². The van der Waals surface area contributed by atoms with Crippen LogP contribution in [0.4, 0.5) is 0 Å². The van der Waals surface area contributed by atoms with Crippen LogP contribution in [0.25, 0.3) is 0 Å². The molecule has 0 aliphatic carbocycles. The molecule has 1 N–H and O–H groups in total. The van der Waals surface area contributed by atoms with Gasteiger partial charge < -0.3 is 9.84 Å². The van der Waals surface area contributed by atoms with Crippen LogP contribution in [0.5, 0.6) is 0 Å². The van der Waals surface area contributed by atoms with E-state index in [2.05, 4.69) is 0 Å². The number of carbonyl (C=O) groups is 1. The summed E-state index contributed by atoms with van der Waals surface area (Å²) in [5.74, 6) is -0.950. The molecule has 0 amide bonds. The van der Waals surface area contributed by atoms with Crippen LogP contribution in [-0.2, 0) is 16.0 Å². The molecule has 1 aromatic rings. The van der Waals surface area contributed by atoms with Gasteiger partial charge in [0.05, 0.1) is 6.10 Å². The Hall–Kier alpha value is -1.06. The van der Waals surface area contributed by atoms with Crippen LogP contribution < -0.4 is 0 Å². The van der Waals surface area contributed by atoms with Crippen LogP contribution in [0, 0.1) is 0 Å². The lowest BCUT2D eigenvalue weighted by Gasteiger charge is -2.16. The molecule has 0 radical (unpaired) electrons. The van der Waals surface area contributed by atoms with Crippen LogP contribution in [0.2, 0.25) is 5.02 Å². The molecular formula is C12H15ClO3. The van der Waals surface area contributed by atoms with Gasteiger partial charge in [-0.15, -0.1) is 0 Å². The van der Waals surface area contributed by atoms with Gasteiger partial charge in [-0.3, -0.25) is 0 Å². The maximum absolute atomic E-state index is 11.0. The lowest BCUT2D eigenvalue weighted by Crippen LogP contribution is -2.29. The minimum Gasteiger partial charge on any atom is -0.479 e. The normalized spacial score (nSPS) is 12.8. The first kappa shape index (κ1) is 13.0. The van der Waals surface area contributed by atoms with Crippen molar-refractivity contribution in [1.82, 2.24) is 0 Å². The van der Waals surface area contributed by atoms with Crippen molar-refractivity contribution < 1.29 is 14.6 Å². The summed E-state index contributed by atoms with van der Waals surface area (Å²) >= 11 is 5.83. The highest BCUT2D eigenvalue weighted by atomic mass is 35.5. The Morgan fingerprint density at radius 2 is 2.19 bits per heavy atom. The Morgan fingerprint density at radius 1 is 1.50 bits per heavy atom. The predicted molar refractivity (Wildman–Crippen MR) is 62.8 cm³/mol. The molecule has 1 unspecified atom stereocenters. The molecule has 88 valence electrons. The highest BCUT2D eigenvalue weighted by molar-refractivity contribution is 6.30. The second-order valence-corrected chi connectivity index (χ2v) is 4.28. The zero-order valence-electron chi connectivity index (χ0n) is 9.31. The molecule has 0 heterocycles. The van der Waals surface area contributed by atoms with E-state index < -0.39 is 12.1 Å². The Morgan fingerprint density at radius 3 is 2.69 bits per heavy atom. The lowest BCUT2D eigenvalue weighted by molar-refractivity contribution is -0.153. The van der Waals surface area contributed by atoms with E-state index in [4.69, 9.17) is 21.4 Å². The van der Waals surface area contributed by atoms with E-state index in [1.807, 2.05) is 19.9 Å². The minimum atomic E-state index is -0.950. The molecule has 0 fully saturated rings. The van der Waals surface area contributed by atoms with Crippen molar-refractivity contribution in [1.29, 1.82) is 0 Å². The molecule has 16 heavy (non-hydrogen) atoms. The number of aliphatic carboxylic acids is 1. The molecule has 3 nitrogen and oxygen atoms in total. The van der Waals surface area contributed by atoms with E-state index in [9.17, 15) is 4.79 Å². The standard InChI is InChI=1S/C12H15ClO3/c1-8(2)16-11(12(14)15)7-9-4-3-5-10(13)6-9/h3-6,8,11H,7H2,1-2H3,(H,14,15). The van der Waals surface area contributed by atoms with E-state index in [0.717, 1.165) is 5.56 Å². The molecule has 1 aromatic carbocycles. The molecule has 0 spiro atoms. The fourth-order valence-electron chi connectivity index (χ4n) is 1.40. The Kier molecular flexibility index (Phi) is 4.77. The summed E-state index contributed by atoms with van der Waals surface area (Å²) in [6.45, 7) is 3.63. The third-order valence-corrected chi connectivity index (χ3v) is 2.26. The molecule has 0 aliphatic rings. The van der Waals surface area contributed by atoms with E-state index in [1.54, 1.807) is 18.2 Å². The van der Waals surface area contributed by atoms with Gasteiger partial charge in [-0.25, -0.2) is 4.79 Å². The number of ether oxygens (including phenoxy) is 1. The number of carboxylic acid groups (broad SMARTS) is 1. The van der Waals surface area contributed by atoms with Gasteiger partial charge in [0, 0.05) is 11.4 Å². The van der Waals surface area contributed by atoms with E-state index in [1.165, 1.54) is 0 Å². The number of halogens is 1. The van der Waals surface area contributed by atoms with Gasteiger partial charge in [0.25, 0.3) is 0 Å². The van der Waals surface area contributed by atoms with Gasteiger partial charge >= 0.3 is 5.97 Å². The van der Waals surface area contributed by atoms with Gasteiger partial charge in [0.1, 0.15) is 0 Å². The van der Waals surface area contributed by atoms with Crippen molar-refractivity contribution >= 4 is 17.6 Å². The average molecular weight is 243 g/mol. The van der Waals surface area contributed by atoms with E-state index in [0.29, 0.717) is 11.4 Å². The second kappa shape index (κ2) is 5.87. The summed E-state index contributed by atoms with van der Waals surface area (Å²) < 4.78 is 5.31. The maximum Gasteiger partial charge on any atom is 0.333 e. The topological polar surface area (TPSA) is 46.5 Å². The third kappa shape index (κ3) is 4.21. The van der Waals surface area contributed by atoms with Gasteiger partial charge in [-0.2, -0.15) is 0 Å². The second-order valence-electron chi connectivity index (χ2n) is 3.85. The van der Waals surface area contributed by atoms with Crippen LogP contribution in [0.15, 0.2) is 24.3 Å². The zero-order valence-corrected chi connectivity index (χ0v) is 10.1. The molecule has 0 aromatic heterocycles. The van der Waals surface area contributed by atoms with Crippen molar-refractivity contribution in [3.05, 3.63) is 34.9 Å². The van der Waals surface area contributed by atoms with Gasteiger partial charge in [0.15, 0.2) is 6.10 Å². The van der Waals surface area contributed by atoms with Crippen molar-refractivity contribution in [3.8, 4) is 0 Å². The molecule has 0 saturated heterocycles. The summed E-state index contributed by atoms with van der Waals surface area (Å²) in [5.41, 5.74) is 0.862. The molecule has 0 bridgehead atoms. The Labute approximate surface area is 100.0 Å². The number of carboxylic acids is 1. The monoisotopic (exact) mass is 242 g/mol. The molecule has 1 rings (SSSR count). The molecule has 4 heteroatoms. The molecular weight excluding hydrogens is 228 g/mol. The molecule has 1 atom stereocenters. The number of hydrogen-bond donors (Lipinski definition) is 1. The third-order valence-electron chi connectivity index (χ3n) is 2.02. The number of benzene rings is 1. The fraction of sp³-hybridized carbons (Fsp3) is 0.417. The Balaban J connectivity index is 2.71. The fourth-order valence-corrected chi connectivity index (χ4v) is 1.61. The summed E-state index contributed by atoms with van der Waals surface area (Å²) in [5, 5.41) is 9.60. The van der Waals surface area contributed by atoms with E-state index in [-0.39, 0.29) is 6.10 Å². The quantitative estimate of drug-likeness (QED) is 0.864. The van der Waals surface area contributed by atoms with Gasteiger partial charge in [0.2, 0.25) is 0 Å². The average Bonchev–Trinajstić information content (AvgIpc) is 2.15. The molecule has 0 aliphatic heterocycles. The van der Waals surface area contributed by atoms with Gasteiger partial charge in [-0.1, -0.05) is 23.7 Å². The molecule has 0 saturated carbocycles. The summed E-state index contributed by atoms with van der Waals surface area (Å²) in [7, 11) is 0. The Bertz CT molecular complexity index is 363. The maximum atomic E-state index is 11.0. The zero-order chi connectivity index (χ0) is 12.1. The van der Waals surface area contributed by atoms with E-state index >= 15 is 0 Å². The lowest BCUT2D eigenvalue weighted by atomic mass is 10.1. The summed E-state index contributed by atoms with van der Waals surface area (Å²) in [6, 6.07) is 7.14. The summed E-state index contributed by atoms with van der Waals surface area (Å²) in [6.07, 6.45) is -0.604. The first-order valence-electron chi connectivity index (χ1n) is 5.11. The first-order valence-corrected chi connectivity index (χ1v) is 5.49. The van der Waals surface area contributed by atoms with Crippen LogP contribution in [-0.4, -0.2) is 23.3 Å². The van der Waals surface area contributed by atoms with Crippen molar-refractivity contribution in [2.75, 3.05) is 0 Å². The highest BCUT2D eigenvalue weighted by Crippen LogP contribution is 2.14. The number of hydrogen-bond acceptors (Lipinski definition) is 2. The van der Waals surface area contributed by atoms with Gasteiger partial charge in [-0.05, 0) is 31.5 Å². The smallest absolute Gasteiger partial charge is 0.333 e. The number of rotatable bonds is 5. The predicted octanol–water partition coefficient (Wildman–Crippen LogP) is 2.76. The largest absolute Gasteiger partial charge is 0.479 e. The highest BCUT2D eigenvalue weighted by Gasteiger charge is 2.19. The SMILES string of the molecule is CC(C)OC(Cc1cccc(Cl)c1)C(=O)O. The summed E-state index contributed by atoms with van der Waals surface area (Å²) in [4.78, 5) is 11.0.